The first-order valence-corrected chi connectivity index (χ1v) is 11.1. The van der Waals surface area contributed by atoms with Crippen molar-refractivity contribution in [1.29, 1.82) is 0 Å². The van der Waals surface area contributed by atoms with E-state index >= 15 is 0 Å². The highest BCUT2D eigenvalue weighted by atomic mass is 16.5. The third-order valence-electron chi connectivity index (χ3n) is 5.51. The largest absolute Gasteiger partial charge is 0.485 e. The van der Waals surface area contributed by atoms with Crippen LogP contribution >= 0.6 is 0 Å². The molecule has 0 N–H and O–H groups in total. The van der Waals surface area contributed by atoms with Gasteiger partial charge >= 0.3 is 5.63 Å². The van der Waals surface area contributed by atoms with Crippen molar-refractivity contribution in [3.63, 3.8) is 0 Å². The average Bonchev–Trinajstić information content (AvgIpc) is 2.74. The summed E-state index contributed by atoms with van der Waals surface area (Å²) in [4.78, 5) is 24.7. The summed E-state index contributed by atoms with van der Waals surface area (Å²) in [5.41, 5.74) is 2.45. The van der Waals surface area contributed by atoms with Crippen molar-refractivity contribution in [2.45, 2.75) is 59.8 Å². The van der Waals surface area contributed by atoms with E-state index in [1.54, 1.807) is 12.1 Å². The lowest BCUT2D eigenvalue weighted by Gasteiger charge is -2.18. The predicted octanol–water partition coefficient (Wildman–Crippen LogP) is 6.58. The van der Waals surface area contributed by atoms with Crippen LogP contribution in [0.25, 0.3) is 22.1 Å². The van der Waals surface area contributed by atoms with Gasteiger partial charge in [0.15, 0.2) is 5.78 Å². The van der Waals surface area contributed by atoms with Gasteiger partial charge in [0.05, 0.1) is 0 Å². The van der Waals surface area contributed by atoms with E-state index in [2.05, 4.69) is 13.0 Å². The molecular weight excluding hydrogens is 388 g/mol. The van der Waals surface area contributed by atoms with Gasteiger partial charge in [-0.1, -0.05) is 77.3 Å². The van der Waals surface area contributed by atoms with Gasteiger partial charge in [-0.3, -0.25) is 4.79 Å². The topological polar surface area (TPSA) is 56.5 Å². The van der Waals surface area contributed by atoms with E-state index in [0.29, 0.717) is 11.3 Å². The quantitative estimate of drug-likeness (QED) is 0.290. The van der Waals surface area contributed by atoms with Crippen LogP contribution in [-0.2, 0) is 11.2 Å². The van der Waals surface area contributed by atoms with Crippen molar-refractivity contribution < 1.29 is 13.9 Å². The highest BCUT2D eigenvalue weighted by Crippen LogP contribution is 2.33. The van der Waals surface area contributed by atoms with Gasteiger partial charge in [-0.25, -0.2) is 4.79 Å². The smallest absolute Gasteiger partial charge is 0.336 e. The SMILES string of the molecule is CCCCCCc1cc2c(-c3ccccc3)cc(=O)oc2cc1OCC(=O)C(C)(C)C. The van der Waals surface area contributed by atoms with Gasteiger partial charge in [0, 0.05) is 22.9 Å². The molecule has 4 heteroatoms. The van der Waals surface area contributed by atoms with Crippen LogP contribution in [0.3, 0.4) is 0 Å². The van der Waals surface area contributed by atoms with E-state index < -0.39 is 11.0 Å². The van der Waals surface area contributed by atoms with Crippen LogP contribution in [0.4, 0.5) is 0 Å². The molecule has 0 aliphatic rings. The second-order valence-corrected chi connectivity index (χ2v) is 9.07. The molecule has 164 valence electrons. The number of hydrogen-bond donors (Lipinski definition) is 0. The number of fused-ring (bicyclic) bond motifs is 1. The Morgan fingerprint density at radius 1 is 1.00 bits per heavy atom. The molecular formula is C27H32O4. The molecule has 0 atom stereocenters. The summed E-state index contributed by atoms with van der Waals surface area (Å²) in [5.74, 6) is 0.652. The zero-order valence-electron chi connectivity index (χ0n) is 19.0. The van der Waals surface area contributed by atoms with Crippen LogP contribution in [0.2, 0.25) is 0 Å². The van der Waals surface area contributed by atoms with E-state index in [0.717, 1.165) is 41.3 Å². The molecule has 3 rings (SSSR count). The Balaban J connectivity index is 2.04. The summed E-state index contributed by atoms with van der Waals surface area (Å²) >= 11 is 0. The minimum atomic E-state index is -0.467. The monoisotopic (exact) mass is 420 g/mol. The summed E-state index contributed by atoms with van der Waals surface area (Å²) in [6.45, 7) is 7.85. The maximum atomic E-state index is 12.4. The van der Waals surface area contributed by atoms with Crippen molar-refractivity contribution in [2.24, 2.45) is 5.41 Å². The van der Waals surface area contributed by atoms with Gasteiger partial charge in [-0.05, 0) is 35.6 Å². The second kappa shape index (κ2) is 9.95. The molecule has 0 unspecified atom stereocenters. The van der Waals surface area contributed by atoms with E-state index in [9.17, 15) is 9.59 Å². The molecule has 31 heavy (non-hydrogen) atoms. The molecule has 0 aliphatic heterocycles. The third-order valence-corrected chi connectivity index (χ3v) is 5.51. The molecule has 0 radical (unpaired) electrons. The Labute approximate surface area is 184 Å². The number of carbonyl (C=O) groups is 1. The van der Waals surface area contributed by atoms with E-state index in [1.807, 2.05) is 51.1 Å². The van der Waals surface area contributed by atoms with Crippen LogP contribution in [0, 0.1) is 5.41 Å². The van der Waals surface area contributed by atoms with Crippen LogP contribution in [0.1, 0.15) is 58.9 Å². The maximum absolute atomic E-state index is 12.4. The lowest BCUT2D eigenvalue weighted by molar-refractivity contribution is -0.128. The average molecular weight is 421 g/mol. The number of hydrogen-bond acceptors (Lipinski definition) is 4. The van der Waals surface area contributed by atoms with Gasteiger partial charge in [-0.15, -0.1) is 0 Å². The Bertz CT molecular complexity index is 1090. The lowest BCUT2D eigenvalue weighted by Crippen LogP contribution is -2.26. The van der Waals surface area contributed by atoms with Crippen molar-refractivity contribution in [1.82, 2.24) is 0 Å². The molecule has 0 aliphatic carbocycles. The standard InChI is InChI=1S/C27H32O4/c1-5-6-7-9-14-20-15-22-21(19-12-10-8-11-13-19)16-26(29)31-24(22)17-23(20)30-18-25(28)27(2,3)4/h8,10-13,15-17H,5-7,9,14,18H2,1-4H3. The van der Waals surface area contributed by atoms with Crippen molar-refractivity contribution in [3.05, 3.63) is 64.5 Å². The van der Waals surface area contributed by atoms with Gasteiger partial charge in [0.25, 0.3) is 0 Å². The highest BCUT2D eigenvalue weighted by molar-refractivity contribution is 5.94. The summed E-state index contributed by atoms with van der Waals surface area (Å²) in [6.07, 6.45) is 5.40. The number of ketones is 1. The van der Waals surface area contributed by atoms with E-state index in [1.165, 1.54) is 12.8 Å². The summed E-state index contributed by atoms with van der Waals surface area (Å²) in [5, 5.41) is 0.880. The predicted molar refractivity (Wildman–Crippen MR) is 126 cm³/mol. The number of benzene rings is 2. The fourth-order valence-corrected chi connectivity index (χ4v) is 3.52. The highest BCUT2D eigenvalue weighted by Gasteiger charge is 2.22. The van der Waals surface area contributed by atoms with Crippen molar-refractivity contribution >= 4 is 16.8 Å². The first-order valence-electron chi connectivity index (χ1n) is 11.1. The fourth-order valence-electron chi connectivity index (χ4n) is 3.52. The molecule has 1 aromatic heterocycles. The number of carbonyl (C=O) groups excluding carboxylic acids is 1. The first kappa shape index (κ1) is 22.8. The molecule has 0 amide bonds. The lowest BCUT2D eigenvalue weighted by atomic mass is 9.91. The molecule has 4 nitrogen and oxygen atoms in total. The molecule has 0 fully saturated rings. The van der Waals surface area contributed by atoms with Crippen LogP contribution in [0.5, 0.6) is 5.75 Å². The Morgan fingerprint density at radius 2 is 1.74 bits per heavy atom. The molecule has 0 spiro atoms. The van der Waals surface area contributed by atoms with E-state index in [4.69, 9.17) is 9.15 Å². The molecule has 0 saturated carbocycles. The molecule has 1 heterocycles. The minimum Gasteiger partial charge on any atom is -0.485 e. The first-order chi connectivity index (χ1) is 14.8. The third kappa shape index (κ3) is 5.84. The Kier molecular flexibility index (Phi) is 7.32. The molecule has 3 aromatic rings. The van der Waals surface area contributed by atoms with Gasteiger partial charge in [0.1, 0.15) is 17.9 Å². The Hall–Kier alpha value is -2.88. The Morgan fingerprint density at radius 3 is 2.42 bits per heavy atom. The summed E-state index contributed by atoms with van der Waals surface area (Å²) in [6, 6.07) is 15.2. The van der Waals surface area contributed by atoms with Crippen LogP contribution in [0.15, 0.2) is 57.7 Å². The summed E-state index contributed by atoms with van der Waals surface area (Å²) in [7, 11) is 0. The number of unbranched alkanes of at least 4 members (excludes halogenated alkanes) is 3. The van der Waals surface area contributed by atoms with Gasteiger partial charge < -0.3 is 9.15 Å². The molecule has 2 aromatic carbocycles. The number of Topliss-reactive ketones (excluding diaryl/α,β-unsaturated/α-hetero) is 1. The summed E-state index contributed by atoms with van der Waals surface area (Å²) < 4.78 is 11.5. The molecule has 0 bridgehead atoms. The van der Waals surface area contributed by atoms with Crippen molar-refractivity contribution in [2.75, 3.05) is 6.61 Å². The van der Waals surface area contributed by atoms with E-state index in [-0.39, 0.29) is 12.4 Å². The van der Waals surface area contributed by atoms with Crippen molar-refractivity contribution in [3.8, 4) is 16.9 Å². The van der Waals surface area contributed by atoms with Gasteiger partial charge in [-0.2, -0.15) is 0 Å². The minimum absolute atomic E-state index is 0.000422. The molecule has 0 saturated heterocycles. The van der Waals surface area contributed by atoms with Crippen LogP contribution in [-0.4, -0.2) is 12.4 Å². The normalized spacial score (nSPS) is 11.6. The maximum Gasteiger partial charge on any atom is 0.336 e. The number of aryl methyl sites for hydroxylation is 1. The fraction of sp³-hybridized carbons (Fsp3) is 0.407. The zero-order chi connectivity index (χ0) is 22.4. The zero-order valence-corrected chi connectivity index (χ0v) is 19.0. The van der Waals surface area contributed by atoms with Crippen LogP contribution < -0.4 is 10.4 Å². The number of rotatable bonds is 9. The second-order valence-electron chi connectivity index (χ2n) is 9.07. The van der Waals surface area contributed by atoms with Gasteiger partial charge in [0.2, 0.25) is 0 Å². The number of ether oxygens (including phenoxy) is 1.